The van der Waals surface area contributed by atoms with Gasteiger partial charge in [0.15, 0.2) is 0 Å². The molecule has 1 saturated carbocycles. The molecular formula is C16H29NO2. The topological polar surface area (TPSA) is 40.5 Å². The lowest BCUT2D eigenvalue weighted by Gasteiger charge is -2.30. The number of hydrogen-bond donors (Lipinski definition) is 1. The number of amides is 1. The van der Waals surface area contributed by atoms with Crippen molar-refractivity contribution in [2.45, 2.75) is 76.7 Å². The third kappa shape index (κ3) is 4.48. The van der Waals surface area contributed by atoms with Crippen LogP contribution in [0.2, 0.25) is 0 Å². The van der Waals surface area contributed by atoms with Crippen LogP contribution in [0.4, 0.5) is 0 Å². The Morgan fingerprint density at radius 1 is 0.947 bits per heavy atom. The highest BCUT2D eigenvalue weighted by molar-refractivity contribution is 5.76. The molecule has 1 amide bonds. The zero-order valence-electron chi connectivity index (χ0n) is 12.1. The van der Waals surface area contributed by atoms with Gasteiger partial charge in [-0.25, -0.2) is 0 Å². The summed E-state index contributed by atoms with van der Waals surface area (Å²) in [4.78, 5) is 14.5. The van der Waals surface area contributed by atoms with E-state index in [-0.39, 0.29) is 12.6 Å². The summed E-state index contributed by atoms with van der Waals surface area (Å²) in [6.07, 6.45) is 12.9. The molecule has 2 fully saturated rings. The summed E-state index contributed by atoms with van der Waals surface area (Å²) in [5, 5.41) is 9.49. The number of likely N-dealkylation sites (tertiary alicyclic amines) is 1. The third-order valence-corrected chi connectivity index (χ3v) is 4.85. The molecule has 2 aliphatic rings. The molecule has 1 unspecified atom stereocenters. The second kappa shape index (κ2) is 7.88. The Kier molecular flexibility index (Phi) is 6.15. The number of hydrogen-bond acceptors (Lipinski definition) is 2. The molecule has 3 nitrogen and oxygen atoms in total. The van der Waals surface area contributed by atoms with Crippen molar-refractivity contribution in [2.24, 2.45) is 5.92 Å². The molecule has 0 aromatic carbocycles. The smallest absolute Gasteiger partial charge is 0.223 e. The van der Waals surface area contributed by atoms with Crippen LogP contribution in [-0.4, -0.2) is 35.1 Å². The summed E-state index contributed by atoms with van der Waals surface area (Å²) >= 11 is 0. The van der Waals surface area contributed by atoms with Gasteiger partial charge in [0.25, 0.3) is 0 Å². The first-order chi connectivity index (χ1) is 9.31. The first kappa shape index (κ1) is 14.8. The van der Waals surface area contributed by atoms with Crippen LogP contribution in [0.1, 0.15) is 70.6 Å². The molecule has 0 bridgehead atoms. The highest BCUT2D eigenvalue weighted by Gasteiger charge is 2.26. The number of aliphatic hydroxyl groups excluding tert-OH is 1. The lowest BCUT2D eigenvalue weighted by molar-refractivity contribution is -0.135. The molecule has 1 aliphatic carbocycles. The van der Waals surface area contributed by atoms with Crippen LogP contribution in [0.25, 0.3) is 0 Å². The number of carbonyl (C=O) groups excluding carboxylic acids is 1. The van der Waals surface area contributed by atoms with Gasteiger partial charge in [0.2, 0.25) is 5.91 Å². The molecule has 1 heterocycles. The number of aliphatic hydroxyl groups is 1. The second-order valence-electron chi connectivity index (χ2n) is 6.33. The van der Waals surface area contributed by atoms with E-state index in [2.05, 4.69) is 0 Å². The Hall–Kier alpha value is -0.570. The Bertz CT molecular complexity index is 272. The quantitative estimate of drug-likeness (QED) is 0.798. The van der Waals surface area contributed by atoms with Gasteiger partial charge in [-0.15, -0.1) is 0 Å². The van der Waals surface area contributed by atoms with Crippen LogP contribution in [-0.2, 0) is 4.79 Å². The number of rotatable bonds is 3. The first-order valence-corrected chi connectivity index (χ1v) is 8.21. The van der Waals surface area contributed by atoms with Crippen molar-refractivity contribution < 1.29 is 9.90 Å². The van der Waals surface area contributed by atoms with Crippen LogP contribution in [0.3, 0.4) is 0 Å². The molecule has 0 aromatic rings. The van der Waals surface area contributed by atoms with Gasteiger partial charge in [0.1, 0.15) is 0 Å². The summed E-state index contributed by atoms with van der Waals surface area (Å²) in [5.74, 6) is 0.894. The van der Waals surface area contributed by atoms with Gasteiger partial charge in [0.05, 0.1) is 12.6 Å². The van der Waals surface area contributed by atoms with Crippen molar-refractivity contribution in [1.82, 2.24) is 4.90 Å². The fourth-order valence-corrected chi connectivity index (χ4v) is 3.63. The van der Waals surface area contributed by atoms with E-state index in [1.807, 2.05) is 4.90 Å². The summed E-state index contributed by atoms with van der Waals surface area (Å²) < 4.78 is 0. The molecule has 1 aliphatic heterocycles. The molecule has 3 heteroatoms. The van der Waals surface area contributed by atoms with Crippen LogP contribution < -0.4 is 0 Å². The Morgan fingerprint density at radius 3 is 2.26 bits per heavy atom. The number of nitrogens with zero attached hydrogens (tertiary/aromatic N) is 1. The normalized spacial score (nSPS) is 26.8. The number of carbonyl (C=O) groups is 1. The predicted octanol–water partition coefficient (Wildman–Crippen LogP) is 3.11. The molecule has 19 heavy (non-hydrogen) atoms. The van der Waals surface area contributed by atoms with Crippen molar-refractivity contribution in [3.05, 3.63) is 0 Å². The summed E-state index contributed by atoms with van der Waals surface area (Å²) in [6, 6.07) is 0.0841. The van der Waals surface area contributed by atoms with Gasteiger partial charge < -0.3 is 10.0 Å². The van der Waals surface area contributed by atoms with Gasteiger partial charge in [-0.05, 0) is 31.6 Å². The maximum Gasteiger partial charge on any atom is 0.223 e. The van der Waals surface area contributed by atoms with Crippen LogP contribution >= 0.6 is 0 Å². The predicted molar refractivity (Wildman–Crippen MR) is 76.9 cm³/mol. The highest BCUT2D eigenvalue weighted by Crippen LogP contribution is 2.27. The minimum absolute atomic E-state index is 0.0841. The molecule has 110 valence electrons. The standard InChI is InChI=1S/C16H29NO2/c18-13-15-10-6-3-7-11-17(15)16(19)12-14-8-4-1-2-5-9-14/h14-15,18H,1-13H2. The fraction of sp³-hybridized carbons (Fsp3) is 0.938. The van der Waals surface area contributed by atoms with E-state index < -0.39 is 0 Å². The van der Waals surface area contributed by atoms with E-state index in [0.29, 0.717) is 11.8 Å². The van der Waals surface area contributed by atoms with Crippen LogP contribution in [0.5, 0.6) is 0 Å². The lowest BCUT2D eigenvalue weighted by atomic mass is 9.95. The summed E-state index contributed by atoms with van der Waals surface area (Å²) in [5.41, 5.74) is 0. The molecule has 1 saturated heterocycles. The average Bonchev–Trinajstić information content (AvgIpc) is 2.80. The Balaban J connectivity index is 1.88. The Labute approximate surface area is 117 Å². The SMILES string of the molecule is O=C(CC1CCCCCC1)N1CCCCCC1CO. The zero-order chi connectivity index (χ0) is 13.5. The van der Waals surface area contributed by atoms with Crippen LogP contribution in [0.15, 0.2) is 0 Å². The van der Waals surface area contributed by atoms with E-state index in [4.69, 9.17) is 0 Å². The Morgan fingerprint density at radius 2 is 1.58 bits per heavy atom. The highest BCUT2D eigenvalue weighted by atomic mass is 16.3. The largest absolute Gasteiger partial charge is 0.394 e. The molecule has 1 atom stereocenters. The van der Waals surface area contributed by atoms with Crippen molar-refractivity contribution in [2.75, 3.05) is 13.2 Å². The molecule has 2 rings (SSSR count). The van der Waals surface area contributed by atoms with Crippen LogP contribution in [0, 0.1) is 5.92 Å². The second-order valence-corrected chi connectivity index (χ2v) is 6.33. The lowest BCUT2D eigenvalue weighted by Crippen LogP contribution is -2.42. The van der Waals surface area contributed by atoms with Gasteiger partial charge in [0, 0.05) is 13.0 Å². The molecule has 0 spiro atoms. The minimum atomic E-state index is 0.0841. The van der Waals surface area contributed by atoms with E-state index >= 15 is 0 Å². The minimum Gasteiger partial charge on any atom is -0.394 e. The van der Waals surface area contributed by atoms with Gasteiger partial charge >= 0.3 is 0 Å². The third-order valence-electron chi connectivity index (χ3n) is 4.85. The van der Waals surface area contributed by atoms with E-state index in [0.717, 1.165) is 32.2 Å². The maximum atomic E-state index is 12.5. The van der Waals surface area contributed by atoms with E-state index in [1.165, 1.54) is 44.9 Å². The zero-order valence-corrected chi connectivity index (χ0v) is 12.1. The van der Waals surface area contributed by atoms with Gasteiger partial charge in [-0.3, -0.25) is 4.79 Å². The summed E-state index contributed by atoms with van der Waals surface area (Å²) in [6.45, 7) is 0.993. The summed E-state index contributed by atoms with van der Waals surface area (Å²) in [7, 11) is 0. The van der Waals surface area contributed by atoms with Gasteiger partial charge in [-0.1, -0.05) is 38.5 Å². The molecule has 0 aromatic heterocycles. The van der Waals surface area contributed by atoms with E-state index in [9.17, 15) is 9.90 Å². The van der Waals surface area contributed by atoms with Gasteiger partial charge in [-0.2, -0.15) is 0 Å². The van der Waals surface area contributed by atoms with E-state index in [1.54, 1.807) is 0 Å². The monoisotopic (exact) mass is 267 g/mol. The van der Waals surface area contributed by atoms with Crippen molar-refractivity contribution in [3.8, 4) is 0 Å². The van der Waals surface area contributed by atoms with Crippen molar-refractivity contribution >= 4 is 5.91 Å². The average molecular weight is 267 g/mol. The first-order valence-electron chi connectivity index (χ1n) is 8.21. The molecule has 1 N–H and O–H groups in total. The molecule has 0 radical (unpaired) electrons. The maximum absolute atomic E-state index is 12.5. The van der Waals surface area contributed by atoms with Crippen molar-refractivity contribution in [1.29, 1.82) is 0 Å². The molecular weight excluding hydrogens is 238 g/mol. The fourth-order valence-electron chi connectivity index (χ4n) is 3.63. The van der Waals surface area contributed by atoms with Crippen molar-refractivity contribution in [3.63, 3.8) is 0 Å².